The highest BCUT2D eigenvalue weighted by Gasteiger charge is 2.33. The van der Waals surface area contributed by atoms with Crippen molar-refractivity contribution in [3.05, 3.63) is 63.5 Å². The number of hydrogen-bond donors (Lipinski definition) is 0. The molecule has 3 aromatic rings. The number of allylic oxidation sites excluding steroid dienone is 1. The van der Waals surface area contributed by atoms with Crippen molar-refractivity contribution in [2.45, 2.75) is 25.4 Å². The number of pyridine rings is 1. The van der Waals surface area contributed by atoms with Gasteiger partial charge in [0.15, 0.2) is 0 Å². The van der Waals surface area contributed by atoms with Gasteiger partial charge in [0, 0.05) is 16.7 Å². The van der Waals surface area contributed by atoms with Crippen molar-refractivity contribution in [3.8, 4) is 0 Å². The molecular weight excluding hydrogens is 374 g/mol. The molecule has 0 N–H and O–H groups in total. The number of aromatic nitrogens is 1. The second kappa shape index (κ2) is 6.87. The van der Waals surface area contributed by atoms with Crippen LogP contribution in [0.15, 0.2) is 41.8 Å². The summed E-state index contributed by atoms with van der Waals surface area (Å²) in [6, 6.07) is 11.7. The summed E-state index contributed by atoms with van der Waals surface area (Å²) in [6.45, 7) is 0.291. The Labute approximate surface area is 165 Å². The van der Waals surface area contributed by atoms with Crippen LogP contribution in [0.25, 0.3) is 22.6 Å². The molecule has 0 radical (unpaired) electrons. The van der Waals surface area contributed by atoms with E-state index in [0.29, 0.717) is 18.6 Å². The van der Waals surface area contributed by atoms with Gasteiger partial charge in [-0.15, -0.1) is 11.3 Å². The zero-order valence-corrected chi connectivity index (χ0v) is 15.8. The minimum absolute atomic E-state index is 0.291. The number of benzene rings is 1. The van der Waals surface area contributed by atoms with Crippen LogP contribution in [0, 0.1) is 0 Å². The Kier molecular flexibility index (Phi) is 4.20. The molecule has 1 aromatic carbocycles. The van der Waals surface area contributed by atoms with Gasteiger partial charge in [-0.25, -0.2) is 14.6 Å². The Morgan fingerprint density at radius 2 is 2.11 bits per heavy atom. The maximum atomic E-state index is 13.1. The molecule has 1 aliphatic carbocycles. The highest BCUT2D eigenvalue weighted by Crippen LogP contribution is 2.38. The molecule has 5 nitrogen and oxygen atoms in total. The zero-order chi connectivity index (χ0) is 19.1. The predicted octanol–water partition coefficient (Wildman–Crippen LogP) is 4.26. The number of thiophene rings is 1. The molecule has 0 spiro atoms. The number of cyclic esters (lactones) is 1. The fraction of sp³-hybridized carbons (Fsp3) is 0.227. The first-order valence-corrected chi connectivity index (χ1v) is 10.1. The number of carbonyl (C=O) groups excluding carboxylic acids is 2. The Morgan fingerprint density at radius 3 is 2.89 bits per heavy atom. The van der Waals surface area contributed by atoms with Gasteiger partial charge in [0.2, 0.25) is 6.10 Å². The lowest BCUT2D eigenvalue weighted by molar-refractivity contribution is -0.145. The summed E-state index contributed by atoms with van der Waals surface area (Å²) in [5.41, 5.74) is 4.15. The first kappa shape index (κ1) is 17.1. The predicted molar refractivity (Wildman–Crippen MR) is 107 cm³/mol. The molecule has 1 aliphatic heterocycles. The Morgan fingerprint density at radius 1 is 1.21 bits per heavy atom. The molecular formula is C22H17NO4S. The normalized spacial score (nSPS) is 19.8. The van der Waals surface area contributed by atoms with E-state index in [2.05, 4.69) is 12.1 Å². The maximum absolute atomic E-state index is 13.1. The van der Waals surface area contributed by atoms with Crippen LogP contribution in [0.5, 0.6) is 0 Å². The summed E-state index contributed by atoms with van der Waals surface area (Å²) >= 11 is 1.67. The van der Waals surface area contributed by atoms with Gasteiger partial charge in [0.05, 0.1) is 23.4 Å². The second-order valence-electron chi connectivity index (χ2n) is 6.87. The van der Waals surface area contributed by atoms with E-state index in [9.17, 15) is 9.59 Å². The number of fused-ring (bicyclic) bond motifs is 2. The fourth-order valence-corrected chi connectivity index (χ4v) is 4.51. The molecule has 1 unspecified atom stereocenters. The number of nitrogens with zero attached hydrogens (tertiary/aromatic N) is 1. The van der Waals surface area contributed by atoms with E-state index in [1.807, 2.05) is 35.7 Å². The highest BCUT2D eigenvalue weighted by molar-refractivity contribution is 7.10. The van der Waals surface area contributed by atoms with Crippen LogP contribution in [-0.2, 0) is 20.7 Å². The summed E-state index contributed by atoms with van der Waals surface area (Å²) in [7, 11) is 0. The molecule has 1 saturated heterocycles. The van der Waals surface area contributed by atoms with Gasteiger partial charge in [0.1, 0.15) is 0 Å². The van der Waals surface area contributed by atoms with Gasteiger partial charge in [0.25, 0.3) is 0 Å². The minimum Gasteiger partial charge on any atom is -0.463 e. The van der Waals surface area contributed by atoms with E-state index in [1.54, 1.807) is 11.3 Å². The van der Waals surface area contributed by atoms with Crippen molar-refractivity contribution >= 4 is 45.8 Å². The lowest BCUT2D eigenvalue weighted by Gasteiger charge is -2.14. The quantitative estimate of drug-likeness (QED) is 0.625. The van der Waals surface area contributed by atoms with Gasteiger partial charge in [-0.2, -0.15) is 0 Å². The van der Waals surface area contributed by atoms with Crippen molar-refractivity contribution in [3.63, 3.8) is 0 Å². The van der Waals surface area contributed by atoms with Crippen molar-refractivity contribution in [2.24, 2.45) is 0 Å². The van der Waals surface area contributed by atoms with E-state index in [1.165, 1.54) is 0 Å². The molecule has 140 valence electrons. The van der Waals surface area contributed by atoms with E-state index in [-0.39, 0.29) is 0 Å². The summed E-state index contributed by atoms with van der Waals surface area (Å²) in [4.78, 5) is 30.8. The third kappa shape index (κ3) is 2.90. The summed E-state index contributed by atoms with van der Waals surface area (Å²) in [6.07, 6.45) is 3.27. The summed E-state index contributed by atoms with van der Waals surface area (Å²) < 4.78 is 10.4. The number of ether oxygens (including phenoxy) is 2. The van der Waals surface area contributed by atoms with E-state index in [4.69, 9.17) is 14.5 Å². The van der Waals surface area contributed by atoms with E-state index >= 15 is 0 Å². The number of hydrogen-bond acceptors (Lipinski definition) is 6. The topological polar surface area (TPSA) is 65.5 Å². The average Bonchev–Trinajstić information content (AvgIpc) is 3.44. The molecule has 2 aromatic heterocycles. The highest BCUT2D eigenvalue weighted by atomic mass is 32.1. The van der Waals surface area contributed by atoms with Crippen molar-refractivity contribution in [1.82, 2.24) is 4.98 Å². The molecule has 1 atom stereocenters. The van der Waals surface area contributed by atoms with Crippen LogP contribution >= 0.6 is 11.3 Å². The summed E-state index contributed by atoms with van der Waals surface area (Å²) in [5.74, 6) is -0.947. The number of esters is 2. The SMILES string of the molecule is O=C(OC1CCOC1=O)c1c2c(nc3ccccc13)C(=Cc1cccs1)CC2. The summed E-state index contributed by atoms with van der Waals surface area (Å²) in [5, 5.41) is 2.80. The molecule has 1 fully saturated rings. The maximum Gasteiger partial charge on any atom is 0.347 e. The van der Waals surface area contributed by atoms with Crippen LogP contribution in [-0.4, -0.2) is 29.6 Å². The monoisotopic (exact) mass is 391 g/mol. The van der Waals surface area contributed by atoms with Crippen LogP contribution < -0.4 is 0 Å². The Hall–Kier alpha value is -2.99. The third-order valence-electron chi connectivity index (χ3n) is 5.14. The van der Waals surface area contributed by atoms with Crippen LogP contribution in [0.4, 0.5) is 0 Å². The molecule has 28 heavy (non-hydrogen) atoms. The standard InChI is InChI=1S/C22H17NO4S/c24-21-18(9-10-26-21)27-22(25)19-15-5-1-2-6-17(15)23-20-13(7-8-16(19)20)12-14-4-3-11-28-14/h1-6,11-12,18H,7-10H2. The Balaban J connectivity index is 1.62. The molecule has 3 heterocycles. The molecule has 0 saturated carbocycles. The van der Waals surface area contributed by atoms with Gasteiger partial charge < -0.3 is 9.47 Å². The fourth-order valence-electron chi connectivity index (χ4n) is 3.83. The number of para-hydroxylation sites is 1. The zero-order valence-electron chi connectivity index (χ0n) is 15.0. The molecule has 2 aliphatic rings. The molecule has 0 bridgehead atoms. The van der Waals surface area contributed by atoms with Crippen molar-refractivity contribution < 1.29 is 19.1 Å². The van der Waals surface area contributed by atoms with Gasteiger partial charge in [-0.1, -0.05) is 24.3 Å². The van der Waals surface area contributed by atoms with Gasteiger partial charge >= 0.3 is 11.9 Å². The lowest BCUT2D eigenvalue weighted by Crippen LogP contribution is -2.23. The van der Waals surface area contributed by atoms with E-state index < -0.39 is 18.0 Å². The lowest BCUT2D eigenvalue weighted by atomic mass is 10.0. The second-order valence-corrected chi connectivity index (χ2v) is 7.85. The van der Waals surface area contributed by atoms with E-state index in [0.717, 1.165) is 45.5 Å². The average molecular weight is 391 g/mol. The van der Waals surface area contributed by atoms with Crippen molar-refractivity contribution in [1.29, 1.82) is 0 Å². The van der Waals surface area contributed by atoms with Crippen LogP contribution in [0.1, 0.15) is 39.3 Å². The smallest absolute Gasteiger partial charge is 0.347 e. The Bertz CT molecular complexity index is 1120. The largest absolute Gasteiger partial charge is 0.463 e. The molecule has 6 heteroatoms. The molecule has 0 amide bonds. The van der Waals surface area contributed by atoms with Crippen molar-refractivity contribution in [2.75, 3.05) is 6.61 Å². The first-order chi connectivity index (χ1) is 13.7. The number of carbonyl (C=O) groups is 2. The first-order valence-electron chi connectivity index (χ1n) is 9.24. The third-order valence-corrected chi connectivity index (χ3v) is 5.96. The minimum atomic E-state index is -0.822. The van der Waals surface area contributed by atoms with Gasteiger partial charge in [-0.05, 0) is 47.6 Å². The van der Waals surface area contributed by atoms with Gasteiger partial charge in [-0.3, -0.25) is 0 Å². The van der Waals surface area contributed by atoms with Crippen LogP contribution in [0.3, 0.4) is 0 Å². The molecule has 5 rings (SSSR count). The number of rotatable bonds is 3. The van der Waals surface area contributed by atoms with Crippen LogP contribution in [0.2, 0.25) is 0 Å².